The van der Waals surface area contributed by atoms with Crippen LogP contribution in [0, 0.1) is 0 Å². The lowest BCUT2D eigenvalue weighted by Gasteiger charge is -2.27. The first kappa shape index (κ1) is 19.1. The van der Waals surface area contributed by atoms with E-state index in [1.165, 1.54) is 40.8 Å². The summed E-state index contributed by atoms with van der Waals surface area (Å²) in [5, 5.41) is 0. The minimum atomic E-state index is 0.296. The van der Waals surface area contributed by atoms with E-state index in [2.05, 4.69) is 90.1 Å². The fourth-order valence-corrected chi connectivity index (χ4v) is 3.88. The Morgan fingerprint density at radius 3 is 1.54 bits per heavy atom. The van der Waals surface area contributed by atoms with E-state index in [1.54, 1.807) is 0 Å². The van der Waals surface area contributed by atoms with Crippen molar-refractivity contribution in [2.24, 2.45) is 0 Å². The summed E-state index contributed by atoms with van der Waals surface area (Å²) < 4.78 is 0.300. The highest BCUT2D eigenvalue weighted by Crippen LogP contribution is 2.36. The Labute approximate surface area is 153 Å². The summed E-state index contributed by atoms with van der Waals surface area (Å²) >= 11 is 1.96. The zero-order chi connectivity index (χ0) is 17.8. The maximum absolute atomic E-state index is 2.36. The van der Waals surface area contributed by atoms with E-state index in [9.17, 15) is 0 Å². The van der Waals surface area contributed by atoms with Crippen molar-refractivity contribution in [1.29, 1.82) is 0 Å². The molecule has 0 saturated carbocycles. The molecule has 0 fully saturated rings. The van der Waals surface area contributed by atoms with Crippen molar-refractivity contribution in [1.82, 2.24) is 0 Å². The smallest absolute Gasteiger partial charge is 0.0148 e. The van der Waals surface area contributed by atoms with E-state index in [4.69, 9.17) is 0 Å². The van der Waals surface area contributed by atoms with Gasteiger partial charge in [-0.2, -0.15) is 0 Å². The molecule has 0 aliphatic heterocycles. The number of thioether (sulfide) groups is 1. The van der Waals surface area contributed by atoms with Gasteiger partial charge in [-0.05, 0) is 53.5 Å². The normalized spacial score (nSPS) is 12.4. The third kappa shape index (κ3) is 4.45. The first-order valence-electron chi connectivity index (χ1n) is 9.23. The van der Waals surface area contributed by atoms with Gasteiger partial charge in [-0.15, -0.1) is 11.8 Å². The topological polar surface area (TPSA) is 0 Å². The molecule has 0 aromatic heterocycles. The van der Waals surface area contributed by atoms with Crippen LogP contribution in [0.5, 0.6) is 0 Å². The Morgan fingerprint density at radius 1 is 0.667 bits per heavy atom. The fraction of sp³-hybridized carbons (Fsp3) is 0.478. The van der Waals surface area contributed by atoms with Crippen LogP contribution < -0.4 is 0 Å². The Kier molecular flexibility index (Phi) is 6.20. The predicted octanol–water partition coefficient (Wildman–Crippen LogP) is 7.71. The Balaban J connectivity index is 2.18. The molecule has 0 aliphatic carbocycles. The highest BCUT2D eigenvalue weighted by atomic mass is 32.2. The van der Waals surface area contributed by atoms with Crippen LogP contribution in [0.3, 0.4) is 0 Å². The lowest BCUT2D eigenvalue weighted by molar-refractivity contribution is 0.439. The zero-order valence-electron chi connectivity index (χ0n) is 16.1. The van der Waals surface area contributed by atoms with Crippen LogP contribution in [-0.4, -0.2) is 4.75 Å². The van der Waals surface area contributed by atoms with Crippen LogP contribution in [-0.2, 0) is 5.41 Å². The lowest BCUT2D eigenvalue weighted by atomic mass is 9.77. The van der Waals surface area contributed by atoms with E-state index in [0.717, 1.165) is 0 Å². The third-order valence-corrected chi connectivity index (χ3v) is 6.92. The van der Waals surface area contributed by atoms with Gasteiger partial charge in [-0.1, -0.05) is 77.9 Å². The van der Waals surface area contributed by atoms with Gasteiger partial charge < -0.3 is 0 Å². The molecule has 0 aliphatic rings. The maximum Gasteiger partial charge on any atom is 0.0148 e. The van der Waals surface area contributed by atoms with Gasteiger partial charge in [0.1, 0.15) is 0 Å². The molecule has 0 nitrogen and oxygen atoms in total. The lowest BCUT2D eigenvalue weighted by Crippen LogP contribution is -2.19. The second kappa shape index (κ2) is 7.78. The summed E-state index contributed by atoms with van der Waals surface area (Å²) in [6.45, 7) is 13.8. The van der Waals surface area contributed by atoms with Crippen LogP contribution in [0.15, 0.2) is 53.4 Å². The summed E-state index contributed by atoms with van der Waals surface area (Å²) in [4.78, 5) is 1.35. The quantitative estimate of drug-likeness (QED) is 0.465. The second-order valence-electron chi connectivity index (χ2n) is 7.58. The number of hydrogen-bond donors (Lipinski definition) is 0. The fourth-order valence-electron chi connectivity index (χ4n) is 2.83. The molecule has 0 bridgehead atoms. The van der Waals surface area contributed by atoms with Crippen LogP contribution in [0.4, 0.5) is 0 Å². The number of benzene rings is 2. The molecule has 0 amide bonds. The number of rotatable bonds is 7. The van der Waals surface area contributed by atoms with Crippen molar-refractivity contribution >= 4 is 11.8 Å². The molecule has 2 aromatic carbocycles. The third-order valence-electron chi connectivity index (χ3n) is 5.58. The average molecular weight is 341 g/mol. The zero-order valence-corrected chi connectivity index (χ0v) is 17.0. The monoisotopic (exact) mass is 340 g/mol. The van der Waals surface area contributed by atoms with Crippen LogP contribution in [0.2, 0.25) is 0 Å². The van der Waals surface area contributed by atoms with E-state index < -0.39 is 0 Å². The Bertz CT molecular complexity index is 631. The molecule has 130 valence electrons. The average Bonchev–Trinajstić information content (AvgIpc) is 2.61. The first-order chi connectivity index (χ1) is 11.3. The SMILES string of the molecule is CCC(C)(C)Sc1ccc(-c2ccc(C(C)(CC)CC)cc2)cc1. The molecule has 0 unspecified atom stereocenters. The van der Waals surface area contributed by atoms with Gasteiger partial charge in [-0.25, -0.2) is 0 Å². The summed E-state index contributed by atoms with van der Waals surface area (Å²) in [6.07, 6.45) is 3.54. The Morgan fingerprint density at radius 2 is 1.12 bits per heavy atom. The van der Waals surface area contributed by atoms with Gasteiger partial charge in [0.15, 0.2) is 0 Å². The predicted molar refractivity (Wildman–Crippen MR) is 110 cm³/mol. The molecule has 0 N–H and O–H groups in total. The largest absolute Gasteiger partial charge is 0.120 e. The van der Waals surface area contributed by atoms with Gasteiger partial charge in [-0.3, -0.25) is 0 Å². The molecule has 24 heavy (non-hydrogen) atoms. The van der Waals surface area contributed by atoms with Crippen molar-refractivity contribution in [3.05, 3.63) is 54.1 Å². The summed E-state index contributed by atoms with van der Waals surface area (Å²) in [6, 6.07) is 18.2. The van der Waals surface area contributed by atoms with Gasteiger partial charge in [0.05, 0.1) is 0 Å². The van der Waals surface area contributed by atoms with E-state index >= 15 is 0 Å². The molecule has 0 saturated heterocycles. The minimum Gasteiger partial charge on any atom is -0.120 e. The molecule has 0 heterocycles. The van der Waals surface area contributed by atoms with Gasteiger partial charge in [0.25, 0.3) is 0 Å². The Hall–Kier alpha value is -1.21. The summed E-state index contributed by atoms with van der Waals surface area (Å²) in [7, 11) is 0. The molecule has 0 spiro atoms. The molecule has 2 rings (SSSR count). The standard InChI is InChI=1S/C23H32S/c1-7-22(4,5)24-21-16-12-19(13-17-21)18-10-14-20(15-11-18)23(6,8-2)9-3/h10-17H,7-9H2,1-6H3. The van der Waals surface area contributed by atoms with Crippen LogP contribution in [0.25, 0.3) is 11.1 Å². The molecule has 2 aromatic rings. The van der Waals surface area contributed by atoms with Gasteiger partial charge in [0.2, 0.25) is 0 Å². The number of hydrogen-bond acceptors (Lipinski definition) is 1. The maximum atomic E-state index is 2.36. The summed E-state index contributed by atoms with van der Waals surface area (Å²) in [5.74, 6) is 0. The summed E-state index contributed by atoms with van der Waals surface area (Å²) in [5.41, 5.74) is 4.35. The van der Waals surface area contributed by atoms with E-state index in [0.29, 0.717) is 10.2 Å². The van der Waals surface area contributed by atoms with Crippen molar-refractivity contribution in [3.63, 3.8) is 0 Å². The van der Waals surface area contributed by atoms with Gasteiger partial charge >= 0.3 is 0 Å². The van der Waals surface area contributed by atoms with Crippen molar-refractivity contribution < 1.29 is 0 Å². The molecule has 0 radical (unpaired) electrons. The van der Waals surface area contributed by atoms with Crippen molar-refractivity contribution in [2.75, 3.05) is 0 Å². The van der Waals surface area contributed by atoms with Crippen LogP contribution >= 0.6 is 11.8 Å². The minimum absolute atomic E-state index is 0.296. The van der Waals surface area contributed by atoms with Crippen molar-refractivity contribution in [2.45, 2.75) is 75.9 Å². The molecular weight excluding hydrogens is 308 g/mol. The van der Waals surface area contributed by atoms with Crippen LogP contribution in [0.1, 0.15) is 66.4 Å². The van der Waals surface area contributed by atoms with Crippen molar-refractivity contribution in [3.8, 4) is 11.1 Å². The van der Waals surface area contributed by atoms with E-state index in [1.807, 2.05) is 11.8 Å². The molecule has 0 atom stereocenters. The highest BCUT2D eigenvalue weighted by Gasteiger charge is 2.22. The molecule has 1 heteroatoms. The van der Waals surface area contributed by atoms with Gasteiger partial charge in [0, 0.05) is 9.64 Å². The highest BCUT2D eigenvalue weighted by molar-refractivity contribution is 8.00. The van der Waals surface area contributed by atoms with E-state index in [-0.39, 0.29) is 0 Å². The first-order valence-corrected chi connectivity index (χ1v) is 10.0. The molecular formula is C23H32S. The second-order valence-corrected chi connectivity index (χ2v) is 9.37.